The molecule has 0 saturated carbocycles. The van der Waals surface area contributed by atoms with Crippen molar-refractivity contribution < 1.29 is 9.53 Å². The Morgan fingerprint density at radius 1 is 1.47 bits per heavy atom. The van der Waals surface area contributed by atoms with E-state index in [0.29, 0.717) is 12.6 Å². The van der Waals surface area contributed by atoms with Gasteiger partial charge in [-0.3, -0.25) is 9.69 Å². The van der Waals surface area contributed by atoms with Gasteiger partial charge in [0.1, 0.15) is 0 Å². The molecule has 1 amide bonds. The van der Waals surface area contributed by atoms with Crippen LogP contribution in [-0.4, -0.2) is 63.8 Å². The molecule has 0 radical (unpaired) electrons. The van der Waals surface area contributed by atoms with Crippen molar-refractivity contribution >= 4 is 5.91 Å². The molecule has 0 bridgehead atoms. The molecular weight excluding hydrogens is 218 g/mol. The summed E-state index contributed by atoms with van der Waals surface area (Å²) in [5.41, 5.74) is 0. The molecule has 5 nitrogen and oxygen atoms in total. The Kier molecular flexibility index (Phi) is 7.16. The SMILES string of the molecule is CNC(=O)CN1CCCCC1CNCCOC. The maximum Gasteiger partial charge on any atom is 0.233 e. The number of likely N-dealkylation sites (N-methyl/N-ethyl adjacent to an activating group) is 1. The number of likely N-dealkylation sites (tertiary alicyclic amines) is 1. The first-order valence-electron chi connectivity index (χ1n) is 6.42. The highest BCUT2D eigenvalue weighted by molar-refractivity contribution is 5.77. The fourth-order valence-electron chi connectivity index (χ4n) is 2.21. The summed E-state index contributed by atoms with van der Waals surface area (Å²) in [6.45, 7) is 4.11. The molecule has 0 aromatic carbocycles. The summed E-state index contributed by atoms with van der Waals surface area (Å²) in [6, 6.07) is 0.484. The second-order valence-electron chi connectivity index (χ2n) is 4.49. The molecule has 5 heteroatoms. The number of piperidine rings is 1. The van der Waals surface area contributed by atoms with Crippen LogP contribution in [0, 0.1) is 0 Å². The zero-order valence-corrected chi connectivity index (χ0v) is 11.0. The van der Waals surface area contributed by atoms with Gasteiger partial charge in [-0.25, -0.2) is 0 Å². The van der Waals surface area contributed by atoms with Gasteiger partial charge in [0, 0.05) is 33.3 Å². The van der Waals surface area contributed by atoms with Crippen LogP contribution in [-0.2, 0) is 9.53 Å². The van der Waals surface area contributed by atoms with E-state index >= 15 is 0 Å². The van der Waals surface area contributed by atoms with Crippen LogP contribution in [0.3, 0.4) is 0 Å². The maximum absolute atomic E-state index is 11.4. The van der Waals surface area contributed by atoms with Crippen LogP contribution in [0.15, 0.2) is 0 Å². The van der Waals surface area contributed by atoms with Crippen molar-refractivity contribution in [1.29, 1.82) is 0 Å². The zero-order valence-electron chi connectivity index (χ0n) is 11.0. The van der Waals surface area contributed by atoms with Crippen LogP contribution in [0.1, 0.15) is 19.3 Å². The van der Waals surface area contributed by atoms with Crippen molar-refractivity contribution in [2.24, 2.45) is 0 Å². The molecule has 1 rings (SSSR count). The minimum Gasteiger partial charge on any atom is -0.383 e. The fourth-order valence-corrected chi connectivity index (χ4v) is 2.21. The number of methoxy groups -OCH3 is 1. The largest absolute Gasteiger partial charge is 0.383 e. The van der Waals surface area contributed by atoms with E-state index in [0.717, 1.165) is 26.2 Å². The lowest BCUT2D eigenvalue weighted by molar-refractivity contribution is -0.122. The van der Waals surface area contributed by atoms with Crippen molar-refractivity contribution in [3.05, 3.63) is 0 Å². The number of amides is 1. The summed E-state index contributed by atoms with van der Waals surface area (Å²) in [5, 5.41) is 6.07. The quantitative estimate of drug-likeness (QED) is 0.609. The lowest BCUT2D eigenvalue weighted by atomic mass is 10.0. The Morgan fingerprint density at radius 2 is 2.29 bits per heavy atom. The van der Waals surface area contributed by atoms with Crippen LogP contribution in [0.5, 0.6) is 0 Å². The van der Waals surface area contributed by atoms with E-state index in [4.69, 9.17) is 4.74 Å². The van der Waals surface area contributed by atoms with Crippen LogP contribution in [0.4, 0.5) is 0 Å². The second-order valence-corrected chi connectivity index (χ2v) is 4.49. The van der Waals surface area contributed by atoms with Gasteiger partial charge in [0.25, 0.3) is 0 Å². The Balaban J connectivity index is 2.29. The number of hydrogen-bond acceptors (Lipinski definition) is 4. The third-order valence-corrected chi connectivity index (χ3v) is 3.24. The first-order chi connectivity index (χ1) is 8.27. The zero-order chi connectivity index (χ0) is 12.5. The van der Waals surface area contributed by atoms with Gasteiger partial charge < -0.3 is 15.4 Å². The van der Waals surface area contributed by atoms with Crippen LogP contribution in [0.2, 0.25) is 0 Å². The second kappa shape index (κ2) is 8.44. The van der Waals surface area contributed by atoms with E-state index in [2.05, 4.69) is 15.5 Å². The van der Waals surface area contributed by atoms with E-state index in [9.17, 15) is 4.79 Å². The highest BCUT2D eigenvalue weighted by Gasteiger charge is 2.23. The fraction of sp³-hybridized carbons (Fsp3) is 0.917. The van der Waals surface area contributed by atoms with Gasteiger partial charge in [-0.1, -0.05) is 6.42 Å². The van der Waals surface area contributed by atoms with E-state index in [1.54, 1.807) is 14.2 Å². The van der Waals surface area contributed by atoms with E-state index in [-0.39, 0.29) is 5.91 Å². The third-order valence-electron chi connectivity index (χ3n) is 3.24. The number of carbonyl (C=O) groups excluding carboxylic acids is 1. The van der Waals surface area contributed by atoms with Crippen molar-refractivity contribution in [1.82, 2.24) is 15.5 Å². The summed E-state index contributed by atoms with van der Waals surface area (Å²) in [4.78, 5) is 13.7. The van der Waals surface area contributed by atoms with Crippen molar-refractivity contribution in [2.75, 3.05) is 46.9 Å². The molecule has 1 aliphatic heterocycles. The number of nitrogens with zero attached hydrogens (tertiary/aromatic N) is 1. The lowest BCUT2D eigenvalue weighted by Crippen LogP contribution is -2.49. The van der Waals surface area contributed by atoms with E-state index in [1.807, 2.05) is 0 Å². The molecule has 17 heavy (non-hydrogen) atoms. The molecule has 0 aromatic rings. The number of carbonyl (C=O) groups is 1. The van der Waals surface area contributed by atoms with E-state index in [1.165, 1.54) is 19.3 Å². The number of rotatable bonds is 7. The molecular formula is C12H25N3O2. The molecule has 1 unspecified atom stereocenters. The molecule has 100 valence electrons. The summed E-state index contributed by atoms with van der Waals surface area (Å²) in [7, 11) is 3.40. The number of nitrogens with one attached hydrogen (secondary N) is 2. The molecule has 1 atom stereocenters. The molecule has 2 N–H and O–H groups in total. The molecule has 1 aliphatic rings. The Morgan fingerprint density at radius 3 is 3.00 bits per heavy atom. The van der Waals surface area contributed by atoms with Gasteiger partial charge in [-0.2, -0.15) is 0 Å². The molecule has 1 saturated heterocycles. The highest BCUT2D eigenvalue weighted by Crippen LogP contribution is 2.15. The van der Waals surface area contributed by atoms with Gasteiger partial charge in [0.15, 0.2) is 0 Å². The van der Waals surface area contributed by atoms with E-state index < -0.39 is 0 Å². The molecule has 0 aromatic heterocycles. The average Bonchev–Trinajstić information content (AvgIpc) is 2.36. The first-order valence-corrected chi connectivity index (χ1v) is 6.42. The third kappa shape index (κ3) is 5.48. The molecule has 0 spiro atoms. The number of ether oxygens (including phenoxy) is 1. The monoisotopic (exact) mass is 243 g/mol. The normalized spacial score (nSPS) is 21.4. The molecule has 0 aliphatic carbocycles. The topological polar surface area (TPSA) is 53.6 Å². The van der Waals surface area contributed by atoms with Crippen LogP contribution in [0.25, 0.3) is 0 Å². The van der Waals surface area contributed by atoms with Gasteiger partial charge in [-0.15, -0.1) is 0 Å². The first kappa shape index (κ1) is 14.4. The highest BCUT2D eigenvalue weighted by atomic mass is 16.5. The standard InChI is InChI=1S/C12H25N3O2/c1-13-12(16)10-15-7-4-3-5-11(15)9-14-6-8-17-2/h11,14H,3-10H2,1-2H3,(H,13,16). The van der Waals surface area contributed by atoms with Crippen LogP contribution >= 0.6 is 0 Å². The lowest BCUT2D eigenvalue weighted by Gasteiger charge is -2.35. The van der Waals surface area contributed by atoms with Gasteiger partial charge in [0.05, 0.1) is 13.2 Å². The summed E-state index contributed by atoms with van der Waals surface area (Å²) in [5.74, 6) is 0.105. The summed E-state index contributed by atoms with van der Waals surface area (Å²) >= 11 is 0. The predicted octanol–water partition coefficient (Wildman–Crippen LogP) is -0.177. The number of hydrogen-bond donors (Lipinski definition) is 2. The van der Waals surface area contributed by atoms with Gasteiger partial charge >= 0.3 is 0 Å². The Hall–Kier alpha value is -0.650. The average molecular weight is 243 g/mol. The van der Waals surface area contributed by atoms with Gasteiger partial charge in [0.2, 0.25) is 5.91 Å². The smallest absolute Gasteiger partial charge is 0.233 e. The minimum atomic E-state index is 0.105. The van der Waals surface area contributed by atoms with Gasteiger partial charge in [-0.05, 0) is 19.4 Å². The Labute approximate surface area is 104 Å². The van der Waals surface area contributed by atoms with Crippen LogP contribution < -0.4 is 10.6 Å². The molecule has 1 fully saturated rings. The Bertz CT molecular complexity index is 224. The summed E-state index contributed by atoms with van der Waals surface area (Å²) in [6.07, 6.45) is 3.64. The molecule has 1 heterocycles. The predicted molar refractivity (Wildman–Crippen MR) is 68.0 cm³/mol. The minimum absolute atomic E-state index is 0.105. The van der Waals surface area contributed by atoms with Crippen molar-refractivity contribution in [2.45, 2.75) is 25.3 Å². The summed E-state index contributed by atoms with van der Waals surface area (Å²) < 4.78 is 5.00. The maximum atomic E-state index is 11.4. The van der Waals surface area contributed by atoms with Crippen molar-refractivity contribution in [3.63, 3.8) is 0 Å². The van der Waals surface area contributed by atoms with Crippen molar-refractivity contribution in [3.8, 4) is 0 Å².